The van der Waals surface area contributed by atoms with Gasteiger partial charge in [-0.3, -0.25) is 4.79 Å². The number of ketones is 1. The molecule has 1 aliphatic rings. The first-order valence-corrected chi connectivity index (χ1v) is 11.1. The summed E-state index contributed by atoms with van der Waals surface area (Å²) in [6.07, 6.45) is 0. The highest BCUT2D eigenvalue weighted by Crippen LogP contribution is 2.29. The second-order valence-electron chi connectivity index (χ2n) is 5.83. The van der Waals surface area contributed by atoms with Gasteiger partial charge in [0.15, 0.2) is 10.8 Å². The Morgan fingerprint density at radius 3 is 2.55 bits per heavy atom. The van der Waals surface area contributed by atoms with E-state index in [9.17, 15) is 4.79 Å². The average molecular weight is 308 g/mol. The van der Waals surface area contributed by atoms with Gasteiger partial charge in [-0.1, -0.05) is 31.0 Å². The van der Waals surface area contributed by atoms with E-state index in [4.69, 9.17) is 4.74 Å². The Balaban J connectivity index is 2.32. The van der Waals surface area contributed by atoms with E-state index in [1.807, 2.05) is 0 Å². The fourth-order valence-electron chi connectivity index (χ4n) is 1.82. The van der Waals surface area contributed by atoms with E-state index in [2.05, 4.69) is 41.0 Å². The topological polar surface area (TPSA) is 42.4 Å². The lowest BCUT2D eigenvalue weighted by Gasteiger charge is -2.27. The van der Waals surface area contributed by atoms with Crippen molar-refractivity contribution in [1.82, 2.24) is 4.98 Å². The molecule has 0 aliphatic carbocycles. The SMILES string of the molecule is CC(=O)c1nc(C#C[Si](C)(C)C)sc1N1CCOCC1. The lowest BCUT2D eigenvalue weighted by atomic mass is 10.3. The first kappa shape index (κ1) is 15.2. The van der Waals surface area contributed by atoms with Crippen molar-refractivity contribution in [3.8, 4) is 11.5 Å². The van der Waals surface area contributed by atoms with E-state index in [1.54, 1.807) is 6.92 Å². The maximum absolute atomic E-state index is 11.8. The lowest BCUT2D eigenvalue weighted by molar-refractivity contribution is 0.101. The Labute approximate surface area is 125 Å². The number of hydrogen-bond donors (Lipinski definition) is 0. The standard InChI is InChI=1S/C14H20N2O2SSi/c1-11(17)13-14(16-6-8-18-9-7-16)19-12(15-13)5-10-20(2,3)4/h6-9H2,1-4H3. The minimum absolute atomic E-state index is 0.00351. The summed E-state index contributed by atoms with van der Waals surface area (Å²) in [7, 11) is -1.43. The summed E-state index contributed by atoms with van der Waals surface area (Å²) in [4.78, 5) is 18.4. The van der Waals surface area contributed by atoms with Gasteiger partial charge in [-0.2, -0.15) is 0 Å². The molecule has 0 N–H and O–H groups in total. The number of ether oxygens (including phenoxy) is 1. The molecule has 6 heteroatoms. The smallest absolute Gasteiger partial charge is 0.181 e. The molecule has 0 spiro atoms. The van der Waals surface area contributed by atoms with Crippen LogP contribution in [0.1, 0.15) is 22.4 Å². The number of rotatable bonds is 2. The Bertz CT molecular complexity index is 560. The molecule has 0 saturated carbocycles. The van der Waals surface area contributed by atoms with Gasteiger partial charge >= 0.3 is 0 Å². The van der Waals surface area contributed by atoms with E-state index in [0.29, 0.717) is 18.9 Å². The number of aromatic nitrogens is 1. The zero-order valence-corrected chi connectivity index (χ0v) is 14.3. The summed E-state index contributed by atoms with van der Waals surface area (Å²) in [6.45, 7) is 11.2. The number of hydrogen-bond acceptors (Lipinski definition) is 5. The first-order chi connectivity index (χ1) is 9.37. The third kappa shape index (κ3) is 3.92. The molecule has 1 aromatic heterocycles. The quantitative estimate of drug-likeness (QED) is 0.478. The Morgan fingerprint density at radius 1 is 1.35 bits per heavy atom. The van der Waals surface area contributed by atoms with Crippen LogP contribution < -0.4 is 4.90 Å². The van der Waals surface area contributed by atoms with Crippen molar-refractivity contribution in [1.29, 1.82) is 0 Å². The summed E-state index contributed by atoms with van der Waals surface area (Å²) in [5.41, 5.74) is 3.86. The van der Waals surface area contributed by atoms with Crippen LogP contribution in [0.15, 0.2) is 0 Å². The molecule has 0 aromatic carbocycles. The minimum atomic E-state index is -1.43. The van der Waals surface area contributed by atoms with Crippen LogP contribution in [-0.2, 0) is 4.74 Å². The monoisotopic (exact) mass is 308 g/mol. The summed E-state index contributed by atoms with van der Waals surface area (Å²) in [5, 5.41) is 1.69. The Kier molecular flexibility index (Phi) is 4.63. The molecule has 1 fully saturated rings. The van der Waals surface area contributed by atoms with E-state index in [0.717, 1.165) is 23.1 Å². The molecule has 108 valence electrons. The van der Waals surface area contributed by atoms with Gasteiger partial charge in [0.1, 0.15) is 18.8 Å². The molecule has 0 unspecified atom stereocenters. The Hall–Kier alpha value is -1.16. The minimum Gasteiger partial charge on any atom is -0.378 e. The summed E-state index contributed by atoms with van der Waals surface area (Å²) in [5.74, 6) is 3.15. The number of Topliss-reactive ketones (excluding diaryl/α,β-unsaturated/α-hetero) is 1. The van der Waals surface area contributed by atoms with E-state index in [1.165, 1.54) is 11.3 Å². The van der Waals surface area contributed by atoms with E-state index in [-0.39, 0.29) is 5.78 Å². The number of anilines is 1. The lowest BCUT2D eigenvalue weighted by Crippen LogP contribution is -2.36. The number of nitrogens with zero attached hydrogens (tertiary/aromatic N) is 2. The number of thiazole rings is 1. The highest BCUT2D eigenvalue weighted by atomic mass is 32.1. The maximum Gasteiger partial charge on any atom is 0.181 e. The molecule has 1 aliphatic heterocycles. The molecule has 2 rings (SSSR count). The van der Waals surface area contributed by atoms with Crippen LogP contribution >= 0.6 is 11.3 Å². The summed E-state index contributed by atoms with van der Waals surface area (Å²) in [6, 6.07) is 0. The highest BCUT2D eigenvalue weighted by Gasteiger charge is 2.21. The van der Waals surface area contributed by atoms with Gasteiger partial charge in [0.2, 0.25) is 0 Å². The number of carbonyl (C=O) groups excluding carboxylic acids is 1. The van der Waals surface area contributed by atoms with Gasteiger partial charge in [-0.05, 0) is 5.92 Å². The third-order valence-electron chi connectivity index (χ3n) is 2.79. The van der Waals surface area contributed by atoms with Crippen molar-refractivity contribution < 1.29 is 9.53 Å². The van der Waals surface area contributed by atoms with Gasteiger partial charge in [-0.15, -0.1) is 5.54 Å². The third-order valence-corrected chi connectivity index (χ3v) is 4.69. The normalized spacial score (nSPS) is 15.7. The van der Waals surface area contributed by atoms with Crippen molar-refractivity contribution >= 4 is 30.2 Å². The molecule has 0 amide bonds. The van der Waals surface area contributed by atoms with Crippen molar-refractivity contribution in [3.05, 3.63) is 10.7 Å². The number of morpholine rings is 1. The van der Waals surface area contributed by atoms with Crippen molar-refractivity contribution in [2.75, 3.05) is 31.2 Å². The van der Waals surface area contributed by atoms with Crippen LogP contribution in [-0.4, -0.2) is 45.1 Å². The van der Waals surface area contributed by atoms with Crippen LogP contribution in [0.2, 0.25) is 19.6 Å². The zero-order valence-electron chi connectivity index (χ0n) is 12.4. The molecule has 2 heterocycles. The largest absolute Gasteiger partial charge is 0.378 e. The van der Waals surface area contributed by atoms with Gasteiger partial charge in [-0.25, -0.2) is 4.98 Å². The molecule has 0 radical (unpaired) electrons. The van der Waals surface area contributed by atoms with Crippen molar-refractivity contribution in [2.24, 2.45) is 0 Å². The second kappa shape index (κ2) is 6.08. The molecule has 0 bridgehead atoms. The van der Waals surface area contributed by atoms with Crippen LogP contribution in [0.4, 0.5) is 5.00 Å². The van der Waals surface area contributed by atoms with Gasteiger partial charge in [0.05, 0.1) is 13.2 Å². The van der Waals surface area contributed by atoms with Gasteiger partial charge < -0.3 is 9.64 Å². The summed E-state index contributed by atoms with van der Waals surface area (Å²) >= 11 is 1.52. The molecular formula is C14H20N2O2SSi. The van der Waals surface area contributed by atoms with Crippen molar-refractivity contribution in [2.45, 2.75) is 26.6 Å². The maximum atomic E-state index is 11.8. The fourth-order valence-corrected chi connectivity index (χ4v) is 3.42. The fraction of sp³-hybridized carbons (Fsp3) is 0.571. The number of carbonyl (C=O) groups is 1. The van der Waals surface area contributed by atoms with Crippen molar-refractivity contribution in [3.63, 3.8) is 0 Å². The van der Waals surface area contributed by atoms with E-state index < -0.39 is 8.07 Å². The molecule has 1 saturated heterocycles. The van der Waals surface area contributed by atoms with Crippen LogP contribution in [0.3, 0.4) is 0 Å². The molecule has 20 heavy (non-hydrogen) atoms. The second-order valence-corrected chi connectivity index (χ2v) is 11.6. The van der Waals surface area contributed by atoms with Crippen LogP contribution in [0, 0.1) is 11.5 Å². The highest BCUT2D eigenvalue weighted by molar-refractivity contribution is 7.16. The predicted molar refractivity (Wildman–Crippen MR) is 85.4 cm³/mol. The van der Waals surface area contributed by atoms with Crippen LogP contribution in [0.25, 0.3) is 0 Å². The molecule has 1 aromatic rings. The van der Waals surface area contributed by atoms with Gasteiger partial charge in [0, 0.05) is 20.0 Å². The predicted octanol–water partition coefficient (Wildman–Crippen LogP) is 2.41. The van der Waals surface area contributed by atoms with Crippen LogP contribution in [0.5, 0.6) is 0 Å². The Morgan fingerprint density at radius 2 is 2.00 bits per heavy atom. The average Bonchev–Trinajstić information content (AvgIpc) is 2.81. The summed E-state index contributed by atoms with van der Waals surface area (Å²) < 4.78 is 5.36. The van der Waals surface area contributed by atoms with Gasteiger partial charge in [0.25, 0.3) is 0 Å². The molecule has 0 atom stereocenters. The first-order valence-electron chi connectivity index (χ1n) is 6.74. The zero-order chi connectivity index (χ0) is 14.8. The van der Waals surface area contributed by atoms with E-state index >= 15 is 0 Å². The molecular weight excluding hydrogens is 288 g/mol. The molecule has 4 nitrogen and oxygen atoms in total.